The van der Waals surface area contributed by atoms with Crippen LogP contribution in [0.25, 0.3) is 0 Å². The molecule has 0 aromatic carbocycles. The zero-order valence-electron chi connectivity index (χ0n) is 7.95. The lowest BCUT2D eigenvalue weighted by Gasteiger charge is -2.40. The number of alkyl halides is 2. The van der Waals surface area contributed by atoms with Crippen LogP contribution in [0.2, 0.25) is 0 Å². The molecular formula is C9H17F2N. The van der Waals surface area contributed by atoms with Crippen LogP contribution in [0.4, 0.5) is 8.78 Å². The third-order valence-electron chi connectivity index (χ3n) is 2.57. The standard InChI is InChI=1S/C9H17F2N/c1-4-8(2,3)12-7-5-9(10,11)6-7/h7,12H,4-6H2,1-3H3. The Morgan fingerprint density at radius 1 is 1.42 bits per heavy atom. The van der Waals surface area contributed by atoms with Gasteiger partial charge in [-0.25, -0.2) is 8.78 Å². The average molecular weight is 177 g/mol. The summed E-state index contributed by atoms with van der Waals surface area (Å²) in [4.78, 5) is 0. The second-order valence-corrected chi connectivity index (χ2v) is 4.34. The third-order valence-corrected chi connectivity index (χ3v) is 2.57. The molecule has 0 spiro atoms. The minimum absolute atomic E-state index is 0.00116. The molecule has 0 atom stereocenters. The van der Waals surface area contributed by atoms with E-state index in [0.717, 1.165) is 6.42 Å². The molecule has 0 saturated heterocycles. The van der Waals surface area contributed by atoms with Gasteiger partial charge in [0.05, 0.1) is 0 Å². The van der Waals surface area contributed by atoms with Crippen LogP contribution in [-0.2, 0) is 0 Å². The van der Waals surface area contributed by atoms with Crippen molar-refractivity contribution in [1.82, 2.24) is 5.32 Å². The van der Waals surface area contributed by atoms with Gasteiger partial charge in [0.15, 0.2) is 0 Å². The zero-order chi connectivity index (χ0) is 9.41. The van der Waals surface area contributed by atoms with Crippen LogP contribution < -0.4 is 5.32 Å². The fraction of sp³-hybridized carbons (Fsp3) is 1.00. The van der Waals surface area contributed by atoms with Crippen molar-refractivity contribution in [2.24, 2.45) is 0 Å². The Hall–Kier alpha value is -0.180. The molecule has 0 aliphatic heterocycles. The first-order valence-corrected chi connectivity index (χ1v) is 4.50. The highest BCUT2D eigenvalue weighted by molar-refractivity contribution is 4.94. The Bertz CT molecular complexity index is 158. The second kappa shape index (κ2) is 2.95. The van der Waals surface area contributed by atoms with E-state index in [1.807, 2.05) is 13.8 Å². The van der Waals surface area contributed by atoms with E-state index in [-0.39, 0.29) is 24.4 Å². The van der Waals surface area contributed by atoms with Crippen molar-refractivity contribution in [3.05, 3.63) is 0 Å². The highest BCUT2D eigenvalue weighted by Gasteiger charge is 2.46. The average Bonchev–Trinajstić information content (AvgIpc) is 1.83. The summed E-state index contributed by atoms with van der Waals surface area (Å²) in [6.45, 7) is 6.15. The largest absolute Gasteiger partial charge is 0.309 e. The van der Waals surface area contributed by atoms with Crippen molar-refractivity contribution in [1.29, 1.82) is 0 Å². The molecule has 0 heterocycles. The lowest BCUT2D eigenvalue weighted by molar-refractivity contribution is -0.0975. The van der Waals surface area contributed by atoms with Gasteiger partial charge < -0.3 is 5.32 Å². The molecule has 3 heteroatoms. The summed E-state index contributed by atoms with van der Waals surface area (Å²) in [5, 5.41) is 3.22. The Morgan fingerprint density at radius 3 is 2.25 bits per heavy atom. The molecule has 1 rings (SSSR count). The summed E-state index contributed by atoms with van der Waals surface area (Å²) < 4.78 is 24.9. The van der Waals surface area contributed by atoms with Gasteiger partial charge in [0.2, 0.25) is 0 Å². The molecule has 0 radical (unpaired) electrons. The van der Waals surface area contributed by atoms with Gasteiger partial charge in [-0.2, -0.15) is 0 Å². The van der Waals surface area contributed by atoms with Gasteiger partial charge in [-0.15, -0.1) is 0 Å². The third kappa shape index (κ3) is 2.41. The molecule has 12 heavy (non-hydrogen) atoms. The minimum atomic E-state index is -2.40. The van der Waals surface area contributed by atoms with E-state index >= 15 is 0 Å². The molecule has 1 N–H and O–H groups in total. The number of rotatable bonds is 3. The molecule has 1 saturated carbocycles. The molecular weight excluding hydrogens is 160 g/mol. The smallest absolute Gasteiger partial charge is 0.251 e. The maximum atomic E-state index is 12.4. The van der Waals surface area contributed by atoms with Gasteiger partial charge in [-0.3, -0.25) is 0 Å². The van der Waals surface area contributed by atoms with Crippen molar-refractivity contribution in [2.45, 2.75) is 57.5 Å². The van der Waals surface area contributed by atoms with E-state index in [9.17, 15) is 8.78 Å². The summed E-state index contributed by atoms with van der Waals surface area (Å²) in [5.41, 5.74) is 0.00116. The number of hydrogen-bond donors (Lipinski definition) is 1. The number of halogens is 2. The second-order valence-electron chi connectivity index (χ2n) is 4.34. The van der Waals surface area contributed by atoms with Crippen LogP contribution in [0.5, 0.6) is 0 Å². The van der Waals surface area contributed by atoms with Gasteiger partial charge >= 0.3 is 0 Å². The molecule has 0 bridgehead atoms. The van der Waals surface area contributed by atoms with E-state index in [0.29, 0.717) is 0 Å². The van der Waals surface area contributed by atoms with E-state index in [4.69, 9.17) is 0 Å². The van der Waals surface area contributed by atoms with Crippen molar-refractivity contribution in [3.8, 4) is 0 Å². The maximum absolute atomic E-state index is 12.4. The highest BCUT2D eigenvalue weighted by atomic mass is 19.3. The molecule has 1 aliphatic rings. The van der Waals surface area contributed by atoms with Crippen LogP contribution in [0.1, 0.15) is 40.0 Å². The van der Waals surface area contributed by atoms with Gasteiger partial charge in [0.1, 0.15) is 0 Å². The number of hydrogen-bond acceptors (Lipinski definition) is 1. The lowest BCUT2D eigenvalue weighted by Crippen LogP contribution is -2.55. The molecule has 1 aliphatic carbocycles. The SMILES string of the molecule is CCC(C)(C)NC1CC(F)(F)C1. The predicted molar refractivity (Wildman–Crippen MR) is 45.5 cm³/mol. The van der Waals surface area contributed by atoms with Gasteiger partial charge in [0.25, 0.3) is 5.92 Å². The number of nitrogens with one attached hydrogen (secondary N) is 1. The summed E-state index contributed by atoms with van der Waals surface area (Å²) >= 11 is 0. The Labute approximate surface area is 72.5 Å². The van der Waals surface area contributed by atoms with Gasteiger partial charge in [0, 0.05) is 24.4 Å². The van der Waals surface area contributed by atoms with E-state index < -0.39 is 5.92 Å². The highest BCUT2D eigenvalue weighted by Crippen LogP contribution is 2.38. The summed E-state index contributed by atoms with van der Waals surface area (Å²) in [5.74, 6) is -2.40. The van der Waals surface area contributed by atoms with Crippen molar-refractivity contribution >= 4 is 0 Å². The lowest BCUT2D eigenvalue weighted by atomic mass is 9.85. The maximum Gasteiger partial charge on any atom is 0.251 e. The van der Waals surface area contributed by atoms with E-state index in [2.05, 4.69) is 12.2 Å². The van der Waals surface area contributed by atoms with Crippen LogP contribution >= 0.6 is 0 Å². The Balaban J connectivity index is 2.27. The minimum Gasteiger partial charge on any atom is -0.309 e. The van der Waals surface area contributed by atoms with Crippen molar-refractivity contribution in [2.75, 3.05) is 0 Å². The molecule has 0 unspecified atom stereocenters. The fourth-order valence-corrected chi connectivity index (χ4v) is 1.42. The summed E-state index contributed by atoms with van der Waals surface area (Å²) in [6.07, 6.45) is 0.988. The molecule has 0 aromatic rings. The van der Waals surface area contributed by atoms with Crippen LogP contribution in [0.3, 0.4) is 0 Å². The zero-order valence-corrected chi connectivity index (χ0v) is 7.95. The van der Waals surface area contributed by atoms with Crippen LogP contribution in [0, 0.1) is 0 Å². The van der Waals surface area contributed by atoms with Crippen LogP contribution in [-0.4, -0.2) is 17.5 Å². The summed E-state index contributed by atoms with van der Waals surface area (Å²) in [7, 11) is 0. The first-order valence-electron chi connectivity index (χ1n) is 4.50. The predicted octanol–water partition coefficient (Wildman–Crippen LogP) is 2.56. The molecule has 1 fully saturated rings. The fourth-order valence-electron chi connectivity index (χ4n) is 1.42. The monoisotopic (exact) mass is 177 g/mol. The van der Waals surface area contributed by atoms with Gasteiger partial charge in [-0.05, 0) is 20.3 Å². The first-order chi connectivity index (χ1) is 5.35. The first kappa shape index (κ1) is 9.90. The Kier molecular flexibility index (Phi) is 2.43. The van der Waals surface area contributed by atoms with Crippen molar-refractivity contribution < 1.29 is 8.78 Å². The molecule has 1 nitrogen and oxygen atoms in total. The molecule has 0 amide bonds. The molecule has 72 valence electrons. The van der Waals surface area contributed by atoms with E-state index in [1.165, 1.54) is 0 Å². The van der Waals surface area contributed by atoms with Crippen LogP contribution in [0.15, 0.2) is 0 Å². The quantitative estimate of drug-likeness (QED) is 0.698. The molecule has 0 aromatic heterocycles. The van der Waals surface area contributed by atoms with E-state index in [1.54, 1.807) is 0 Å². The van der Waals surface area contributed by atoms with Crippen molar-refractivity contribution in [3.63, 3.8) is 0 Å². The van der Waals surface area contributed by atoms with Gasteiger partial charge in [-0.1, -0.05) is 6.92 Å². The normalized spacial score (nSPS) is 23.8. The topological polar surface area (TPSA) is 12.0 Å². The Morgan fingerprint density at radius 2 is 1.92 bits per heavy atom. The summed E-state index contributed by atoms with van der Waals surface area (Å²) in [6, 6.07) is 0.0231.